The van der Waals surface area contributed by atoms with Crippen LogP contribution in [0.15, 0.2) is 65.8 Å². The minimum absolute atomic E-state index is 0.0370. The van der Waals surface area contributed by atoms with E-state index in [-0.39, 0.29) is 16.8 Å². The Bertz CT molecular complexity index is 1140. The van der Waals surface area contributed by atoms with Crippen LogP contribution in [0.4, 0.5) is 5.69 Å². The van der Waals surface area contributed by atoms with E-state index in [0.717, 1.165) is 32.1 Å². The number of benzene rings is 2. The Labute approximate surface area is 181 Å². The maximum absolute atomic E-state index is 13.0. The summed E-state index contributed by atoms with van der Waals surface area (Å²) in [7, 11) is -1.95. The molecule has 2 aromatic carbocycles. The van der Waals surface area contributed by atoms with E-state index in [1.165, 1.54) is 28.6 Å². The summed E-state index contributed by atoms with van der Waals surface area (Å²) >= 11 is 0. The highest BCUT2D eigenvalue weighted by Crippen LogP contribution is 2.27. The van der Waals surface area contributed by atoms with Crippen molar-refractivity contribution < 1.29 is 13.2 Å². The smallest absolute Gasteiger partial charge is 0.255 e. The van der Waals surface area contributed by atoms with Gasteiger partial charge in [-0.15, -0.1) is 5.10 Å². The SMILES string of the molecule is CN(C1CCCCC1)S(=O)(=O)c1ccc(C(=O)Nc2ccccc2-n2ccnn2)cc1. The molecule has 0 spiro atoms. The fourth-order valence-electron chi connectivity index (χ4n) is 3.90. The van der Waals surface area contributed by atoms with Gasteiger partial charge in [0, 0.05) is 18.7 Å². The molecule has 0 aliphatic heterocycles. The lowest BCUT2D eigenvalue weighted by molar-refractivity contribution is 0.102. The van der Waals surface area contributed by atoms with Gasteiger partial charge in [-0.2, -0.15) is 4.31 Å². The highest BCUT2D eigenvalue weighted by atomic mass is 32.2. The lowest BCUT2D eigenvalue weighted by atomic mass is 9.96. The third-order valence-electron chi connectivity index (χ3n) is 5.70. The summed E-state index contributed by atoms with van der Waals surface area (Å²) in [6.45, 7) is 0. The Balaban J connectivity index is 1.50. The number of sulfonamides is 1. The third kappa shape index (κ3) is 4.52. The van der Waals surface area contributed by atoms with Crippen molar-refractivity contribution in [3.05, 3.63) is 66.5 Å². The van der Waals surface area contributed by atoms with Gasteiger partial charge in [0.2, 0.25) is 10.0 Å². The Kier molecular flexibility index (Phi) is 6.15. The molecule has 1 aromatic heterocycles. The van der Waals surface area contributed by atoms with Crippen LogP contribution in [0.2, 0.25) is 0 Å². The number of carbonyl (C=O) groups excluding carboxylic acids is 1. The molecule has 1 aliphatic carbocycles. The van der Waals surface area contributed by atoms with Gasteiger partial charge in [0.05, 0.1) is 28.7 Å². The molecule has 0 radical (unpaired) electrons. The lowest BCUT2D eigenvalue weighted by Crippen LogP contribution is -2.38. The van der Waals surface area contributed by atoms with Crippen molar-refractivity contribution in [3.8, 4) is 5.69 Å². The normalized spacial score (nSPS) is 15.2. The van der Waals surface area contributed by atoms with E-state index in [0.29, 0.717) is 16.9 Å². The molecule has 1 saturated carbocycles. The van der Waals surface area contributed by atoms with Crippen LogP contribution in [0.3, 0.4) is 0 Å². The molecular weight excluding hydrogens is 414 g/mol. The average molecular weight is 440 g/mol. The van der Waals surface area contributed by atoms with Crippen molar-refractivity contribution in [2.75, 3.05) is 12.4 Å². The molecule has 162 valence electrons. The van der Waals surface area contributed by atoms with Gasteiger partial charge in [-0.25, -0.2) is 13.1 Å². The standard InChI is InChI=1S/C22H25N5O3S/c1-26(18-7-3-2-4-8-18)31(29,30)19-13-11-17(12-14-19)22(28)24-20-9-5-6-10-21(20)27-16-15-23-25-27/h5-6,9-16,18H,2-4,7-8H2,1H3,(H,24,28). The van der Waals surface area contributed by atoms with Crippen molar-refractivity contribution in [2.45, 2.75) is 43.0 Å². The largest absolute Gasteiger partial charge is 0.320 e. The van der Waals surface area contributed by atoms with Gasteiger partial charge < -0.3 is 5.32 Å². The number of nitrogens with one attached hydrogen (secondary N) is 1. The maximum Gasteiger partial charge on any atom is 0.255 e. The molecule has 8 nitrogen and oxygen atoms in total. The summed E-state index contributed by atoms with van der Waals surface area (Å²) < 4.78 is 29.0. The van der Waals surface area contributed by atoms with E-state index in [1.807, 2.05) is 18.2 Å². The quantitative estimate of drug-likeness (QED) is 0.634. The van der Waals surface area contributed by atoms with Gasteiger partial charge in [-0.05, 0) is 49.2 Å². The topological polar surface area (TPSA) is 97.2 Å². The van der Waals surface area contributed by atoms with Gasteiger partial charge in [-0.1, -0.05) is 36.6 Å². The molecule has 1 fully saturated rings. The first-order chi connectivity index (χ1) is 15.0. The van der Waals surface area contributed by atoms with Gasteiger partial charge in [0.25, 0.3) is 5.91 Å². The van der Waals surface area contributed by atoms with Crippen molar-refractivity contribution in [1.82, 2.24) is 19.3 Å². The highest BCUT2D eigenvalue weighted by Gasteiger charge is 2.29. The molecule has 1 amide bonds. The molecule has 4 rings (SSSR count). The minimum Gasteiger partial charge on any atom is -0.320 e. The molecule has 1 N–H and O–H groups in total. The summed E-state index contributed by atoms with van der Waals surface area (Å²) in [4.78, 5) is 13.0. The lowest BCUT2D eigenvalue weighted by Gasteiger charge is -2.30. The van der Waals surface area contributed by atoms with Crippen molar-refractivity contribution in [3.63, 3.8) is 0 Å². The Hall–Kier alpha value is -3.04. The first kappa shape index (κ1) is 21.2. The number of hydrogen-bond acceptors (Lipinski definition) is 5. The number of carbonyl (C=O) groups is 1. The molecule has 31 heavy (non-hydrogen) atoms. The van der Waals surface area contributed by atoms with Crippen molar-refractivity contribution in [1.29, 1.82) is 0 Å². The summed E-state index contributed by atoms with van der Waals surface area (Å²) in [5, 5.41) is 10.6. The summed E-state index contributed by atoms with van der Waals surface area (Å²) in [5.74, 6) is -0.336. The van der Waals surface area contributed by atoms with Crippen LogP contribution in [0.25, 0.3) is 5.69 Å². The summed E-state index contributed by atoms with van der Waals surface area (Å²) in [6, 6.07) is 13.3. The van der Waals surface area contributed by atoms with Crippen molar-refractivity contribution in [2.24, 2.45) is 0 Å². The summed E-state index contributed by atoms with van der Waals surface area (Å²) in [5.41, 5.74) is 1.63. The molecule has 9 heteroatoms. The fraction of sp³-hybridized carbons (Fsp3) is 0.318. The van der Waals surface area contributed by atoms with Crippen LogP contribution in [0, 0.1) is 0 Å². The Morgan fingerprint density at radius 1 is 1.06 bits per heavy atom. The molecule has 0 atom stereocenters. The van der Waals surface area contributed by atoms with E-state index < -0.39 is 10.0 Å². The second-order valence-electron chi connectivity index (χ2n) is 7.66. The highest BCUT2D eigenvalue weighted by molar-refractivity contribution is 7.89. The van der Waals surface area contributed by atoms with Gasteiger partial charge >= 0.3 is 0 Å². The number of amides is 1. The van der Waals surface area contributed by atoms with Crippen LogP contribution in [-0.2, 0) is 10.0 Å². The van der Waals surface area contributed by atoms with E-state index in [4.69, 9.17) is 0 Å². The Morgan fingerprint density at radius 2 is 1.77 bits per heavy atom. The zero-order valence-corrected chi connectivity index (χ0v) is 18.1. The van der Waals surface area contributed by atoms with Crippen LogP contribution in [-0.4, -0.2) is 46.7 Å². The Morgan fingerprint density at radius 3 is 2.45 bits per heavy atom. The van der Waals surface area contributed by atoms with E-state index >= 15 is 0 Å². The maximum atomic E-state index is 13.0. The van der Waals surface area contributed by atoms with Gasteiger partial charge in [0.1, 0.15) is 0 Å². The molecule has 0 bridgehead atoms. The molecule has 1 aliphatic rings. The van der Waals surface area contributed by atoms with Gasteiger partial charge in [0.15, 0.2) is 0 Å². The zero-order chi connectivity index (χ0) is 21.8. The van der Waals surface area contributed by atoms with Crippen molar-refractivity contribution >= 4 is 21.6 Å². The van der Waals surface area contributed by atoms with E-state index in [2.05, 4.69) is 15.6 Å². The zero-order valence-electron chi connectivity index (χ0n) is 17.3. The third-order valence-corrected chi connectivity index (χ3v) is 7.63. The second-order valence-corrected chi connectivity index (χ2v) is 9.65. The van der Waals surface area contributed by atoms with Crippen LogP contribution in [0.1, 0.15) is 42.5 Å². The van der Waals surface area contributed by atoms with Crippen LogP contribution < -0.4 is 5.32 Å². The van der Waals surface area contributed by atoms with Gasteiger partial charge in [-0.3, -0.25) is 4.79 Å². The number of hydrogen-bond donors (Lipinski definition) is 1. The van der Waals surface area contributed by atoms with Crippen LogP contribution >= 0.6 is 0 Å². The molecule has 0 saturated heterocycles. The second kappa shape index (κ2) is 8.99. The van der Waals surface area contributed by atoms with E-state index in [1.54, 1.807) is 30.2 Å². The number of aromatic nitrogens is 3. The fourth-order valence-corrected chi connectivity index (χ4v) is 5.31. The molecule has 3 aromatic rings. The van der Waals surface area contributed by atoms with Crippen LogP contribution in [0.5, 0.6) is 0 Å². The predicted molar refractivity (Wildman–Crippen MR) is 118 cm³/mol. The number of para-hydroxylation sites is 2. The average Bonchev–Trinajstić information content (AvgIpc) is 3.34. The number of nitrogens with zero attached hydrogens (tertiary/aromatic N) is 4. The molecular formula is C22H25N5O3S. The summed E-state index contributed by atoms with van der Waals surface area (Å²) in [6.07, 6.45) is 8.30. The first-order valence-corrected chi connectivity index (χ1v) is 11.8. The first-order valence-electron chi connectivity index (χ1n) is 10.3. The minimum atomic E-state index is -3.59. The number of anilines is 1. The molecule has 0 unspecified atom stereocenters. The predicted octanol–water partition coefficient (Wildman–Crippen LogP) is 3.47. The monoisotopic (exact) mass is 439 g/mol. The molecule has 1 heterocycles. The number of rotatable bonds is 6. The van der Waals surface area contributed by atoms with E-state index in [9.17, 15) is 13.2 Å².